The molecule has 5 N–H and O–H groups in total. The minimum absolute atomic E-state index is 0.0845. The number of hydrogen-bond donors (Lipinski definition) is 4. The van der Waals surface area contributed by atoms with Gasteiger partial charge < -0.3 is 21.3 Å². The lowest BCUT2D eigenvalue weighted by molar-refractivity contribution is -0.136. The van der Waals surface area contributed by atoms with E-state index in [0.717, 1.165) is 12.8 Å². The van der Waals surface area contributed by atoms with Gasteiger partial charge in [-0.05, 0) is 30.6 Å². The number of aliphatic hydroxyl groups is 2. The van der Waals surface area contributed by atoms with Gasteiger partial charge in [-0.15, -0.1) is 0 Å². The summed E-state index contributed by atoms with van der Waals surface area (Å²) in [6.45, 7) is 7.58. The lowest BCUT2D eigenvalue weighted by Gasteiger charge is -2.47. The molecule has 118 valence electrons. The zero-order valence-electron chi connectivity index (χ0n) is 13.1. The molecule has 5 heteroatoms. The molecule has 1 amide bonds. The molecule has 3 atom stereocenters. The summed E-state index contributed by atoms with van der Waals surface area (Å²) in [6, 6.07) is 0.126. The second-order valence-electron chi connectivity index (χ2n) is 6.84. The molecule has 0 saturated heterocycles. The summed E-state index contributed by atoms with van der Waals surface area (Å²) in [7, 11) is 0. The van der Waals surface area contributed by atoms with Crippen molar-refractivity contribution in [2.24, 2.45) is 23.0 Å². The molecule has 0 aromatic carbocycles. The molecular weight excluding hydrogens is 256 g/mol. The van der Waals surface area contributed by atoms with Crippen molar-refractivity contribution in [1.29, 1.82) is 0 Å². The molecule has 3 unspecified atom stereocenters. The molecule has 1 saturated carbocycles. The van der Waals surface area contributed by atoms with Crippen molar-refractivity contribution >= 4 is 5.91 Å². The number of carbonyl (C=O) groups excluding carboxylic acids is 1. The van der Waals surface area contributed by atoms with E-state index in [4.69, 9.17) is 5.73 Å². The summed E-state index contributed by atoms with van der Waals surface area (Å²) in [5.74, 6) is 0.0336. The first-order valence-electron chi connectivity index (χ1n) is 7.53. The summed E-state index contributed by atoms with van der Waals surface area (Å²) in [5, 5.41) is 21.8. The van der Waals surface area contributed by atoms with E-state index in [1.807, 2.05) is 6.92 Å². The van der Waals surface area contributed by atoms with Crippen LogP contribution in [0.15, 0.2) is 0 Å². The summed E-state index contributed by atoms with van der Waals surface area (Å²) < 4.78 is 0. The van der Waals surface area contributed by atoms with Gasteiger partial charge in [0, 0.05) is 12.0 Å². The van der Waals surface area contributed by atoms with Gasteiger partial charge in [0.25, 0.3) is 0 Å². The van der Waals surface area contributed by atoms with Crippen LogP contribution in [-0.2, 0) is 4.79 Å². The van der Waals surface area contributed by atoms with E-state index in [9.17, 15) is 15.0 Å². The Bertz CT molecular complexity index is 332. The second-order valence-corrected chi connectivity index (χ2v) is 6.84. The Morgan fingerprint density at radius 2 is 1.90 bits per heavy atom. The van der Waals surface area contributed by atoms with Crippen molar-refractivity contribution in [3.05, 3.63) is 0 Å². The summed E-state index contributed by atoms with van der Waals surface area (Å²) in [4.78, 5) is 12.6. The number of nitrogens with two attached hydrogens (primary N) is 1. The molecule has 0 aromatic heterocycles. The van der Waals surface area contributed by atoms with Crippen LogP contribution < -0.4 is 11.1 Å². The lowest BCUT2D eigenvalue weighted by atomic mass is 9.60. The largest absolute Gasteiger partial charge is 0.394 e. The highest BCUT2D eigenvalue weighted by Gasteiger charge is 2.46. The molecule has 0 bridgehead atoms. The van der Waals surface area contributed by atoms with Crippen LogP contribution in [0.1, 0.15) is 47.0 Å². The summed E-state index contributed by atoms with van der Waals surface area (Å²) in [6.07, 6.45) is 2.08. The van der Waals surface area contributed by atoms with Gasteiger partial charge >= 0.3 is 0 Å². The maximum atomic E-state index is 12.6. The van der Waals surface area contributed by atoms with Crippen LogP contribution in [0.2, 0.25) is 0 Å². The third kappa shape index (κ3) is 3.15. The zero-order chi connectivity index (χ0) is 15.6. The number of hydrogen-bond acceptors (Lipinski definition) is 4. The van der Waals surface area contributed by atoms with Gasteiger partial charge in [-0.25, -0.2) is 0 Å². The van der Waals surface area contributed by atoms with Crippen molar-refractivity contribution in [3.8, 4) is 0 Å². The van der Waals surface area contributed by atoms with Crippen LogP contribution in [0.4, 0.5) is 0 Å². The van der Waals surface area contributed by atoms with E-state index in [1.54, 1.807) is 0 Å². The fraction of sp³-hybridized carbons (Fsp3) is 0.933. The Kier molecular flexibility index (Phi) is 5.58. The van der Waals surface area contributed by atoms with E-state index in [1.165, 1.54) is 0 Å². The quantitative estimate of drug-likeness (QED) is 0.596. The van der Waals surface area contributed by atoms with Crippen molar-refractivity contribution in [2.45, 2.75) is 58.5 Å². The molecule has 0 heterocycles. The third-order valence-electron chi connectivity index (χ3n) is 5.49. The summed E-state index contributed by atoms with van der Waals surface area (Å²) >= 11 is 0. The Hall–Kier alpha value is -0.650. The van der Waals surface area contributed by atoms with Gasteiger partial charge in [0.1, 0.15) is 0 Å². The number of aliphatic hydroxyl groups excluding tert-OH is 2. The second kappa shape index (κ2) is 6.41. The van der Waals surface area contributed by atoms with Crippen LogP contribution >= 0.6 is 0 Å². The van der Waals surface area contributed by atoms with Crippen LogP contribution in [-0.4, -0.2) is 40.9 Å². The van der Waals surface area contributed by atoms with E-state index < -0.39 is 5.54 Å². The van der Waals surface area contributed by atoms with Gasteiger partial charge in [-0.1, -0.05) is 27.7 Å². The molecule has 1 rings (SSSR count). The first-order chi connectivity index (χ1) is 9.24. The Morgan fingerprint density at radius 3 is 2.35 bits per heavy atom. The van der Waals surface area contributed by atoms with Crippen LogP contribution in [0.25, 0.3) is 0 Å². The minimum atomic E-state index is -0.921. The highest BCUT2D eigenvalue weighted by molar-refractivity contribution is 5.80. The molecule has 0 aromatic rings. The van der Waals surface area contributed by atoms with Crippen molar-refractivity contribution in [1.82, 2.24) is 5.32 Å². The minimum Gasteiger partial charge on any atom is -0.394 e. The number of amides is 1. The fourth-order valence-corrected chi connectivity index (χ4v) is 3.11. The summed E-state index contributed by atoms with van der Waals surface area (Å²) in [5.41, 5.74) is 5.00. The van der Waals surface area contributed by atoms with Crippen LogP contribution in [0.5, 0.6) is 0 Å². The van der Waals surface area contributed by atoms with Gasteiger partial charge in [0.15, 0.2) is 0 Å². The van der Waals surface area contributed by atoms with Gasteiger partial charge in [-0.2, -0.15) is 0 Å². The highest BCUT2D eigenvalue weighted by Crippen LogP contribution is 2.44. The van der Waals surface area contributed by atoms with Crippen molar-refractivity contribution in [2.75, 3.05) is 13.2 Å². The zero-order valence-corrected chi connectivity index (χ0v) is 13.1. The molecule has 20 heavy (non-hydrogen) atoms. The first kappa shape index (κ1) is 17.4. The molecule has 1 aliphatic rings. The van der Waals surface area contributed by atoms with Crippen LogP contribution in [0, 0.1) is 17.3 Å². The van der Waals surface area contributed by atoms with Gasteiger partial charge in [-0.3, -0.25) is 4.79 Å². The Balaban J connectivity index is 2.86. The molecule has 1 aliphatic carbocycles. The molecule has 1 fully saturated rings. The van der Waals surface area contributed by atoms with Gasteiger partial charge in [0.05, 0.1) is 18.8 Å². The van der Waals surface area contributed by atoms with E-state index in [-0.39, 0.29) is 42.4 Å². The maximum absolute atomic E-state index is 12.6. The fourth-order valence-electron chi connectivity index (χ4n) is 3.11. The molecular formula is C15H30N2O3. The standard InChI is InChI=1S/C15H30N2O3/c1-5-15(8-18,9-19)17-13(20)11-6-7-12(16)10(2)14(11,3)4/h10-12,18-19H,5-9,16H2,1-4H3,(H,17,20). The highest BCUT2D eigenvalue weighted by atomic mass is 16.3. The molecule has 5 nitrogen and oxygen atoms in total. The number of rotatable bonds is 5. The monoisotopic (exact) mass is 286 g/mol. The number of nitrogens with one attached hydrogen (secondary N) is 1. The van der Waals surface area contributed by atoms with E-state index in [0.29, 0.717) is 6.42 Å². The van der Waals surface area contributed by atoms with Crippen molar-refractivity contribution in [3.63, 3.8) is 0 Å². The van der Waals surface area contributed by atoms with E-state index >= 15 is 0 Å². The van der Waals surface area contributed by atoms with Gasteiger partial charge in [0.2, 0.25) is 5.91 Å². The molecule has 0 spiro atoms. The lowest BCUT2D eigenvalue weighted by Crippen LogP contribution is -2.59. The predicted octanol–water partition coefficient (Wildman–Crippen LogP) is 0.636. The molecule has 0 aliphatic heterocycles. The average molecular weight is 286 g/mol. The smallest absolute Gasteiger partial charge is 0.224 e. The third-order valence-corrected chi connectivity index (χ3v) is 5.49. The van der Waals surface area contributed by atoms with Crippen molar-refractivity contribution < 1.29 is 15.0 Å². The topological polar surface area (TPSA) is 95.6 Å². The number of carbonyl (C=O) groups is 1. The normalized spacial score (nSPS) is 30.1. The maximum Gasteiger partial charge on any atom is 0.224 e. The van der Waals surface area contributed by atoms with Crippen LogP contribution in [0.3, 0.4) is 0 Å². The Morgan fingerprint density at radius 1 is 1.35 bits per heavy atom. The van der Waals surface area contributed by atoms with E-state index in [2.05, 4.69) is 26.1 Å². The Labute approximate surface area is 121 Å². The molecule has 0 radical (unpaired) electrons. The average Bonchev–Trinajstić information content (AvgIpc) is 2.42. The predicted molar refractivity (Wildman–Crippen MR) is 79.0 cm³/mol. The SMILES string of the molecule is CCC(CO)(CO)NC(=O)C1CCC(N)C(C)C1(C)C. The first-order valence-corrected chi connectivity index (χ1v) is 7.53.